The van der Waals surface area contributed by atoms with Crippen LogP contribution in [0, 0.1) is 0 Å². The maximum Gasteiger partial charge on any atom is 0.385 e. The van der Waals surface area contributed by atoms with Crippen molar-refractivity contribution in [2.45, 2.75) is 0 Å². The zero-order valence-electron chi connectivity index (χ0n) is 2.97. The Bertz CT molecular complexity index is 30.8. The van der Waals surface area contributed by atoms with E-state index in [1.807, 2.05) is 0 Å². The Kier molecular flexibility index (Phi) is 4.23. The standard InChI is InChI=1S/CH4BO2P/c1-4-2-5-3/h2H,1H3. The van der Waals surface area contributed by atoms with Crippen LogP contribution in [-0.2, 0) is 9.22 Å². The van der Waals surface area contributed by atoms with E-state index in [4.69, 9.17) is 0 Å². The Morgan fingerprint density at radius 3 is 2.60 bits per heavy atom. The van der Waals surface area contributed by atoms with Gasteiger partial charge in [-0.05, 0) is 0 Å². The van der Waals surface area contributed by atoms with Gasteiger partial charge in [-0.2, -0.15) is 0 Å². The van der Waals surface area contributed by atoms with Gasteiger partial charge in [0.2, 0.25) is 0 Å². The zero-order valence-corrected chi connectivity index (χ0v) is 3.87. The third-order valence-electron chi connectivity index (χ3n) is 0.182. The Morgan fingerprint density at radius 2 is 2.60 bits per heavy atom. The predicted octanol–water partition coefficient (Wildman–Crippen LogP) is 0.191. The summed E-state index contributed by atoms with van der Waals surface area (Å²) in [4.78, 5) is 0. The van der Waals surface area contributed by atoms with Gasteiger partial charge >= 0.3 is 7.20 Å². The molecular weight excluding hydrogens is 85.8 g/mol. The van der Waals surface area contributed by atoms with Gasteiger partial charge in [0.05, 0.1) is 0 Å². The molecule has 0 aromatic carbocycles. The second-order valence-corrected chi connectivity index (χ2v) is 1.06. The lowest BCUT2D eigenvalue weighted by molar-refractivity contribution is 0.453. The summed E-state index contributed by atoms with van der Waals surface area (Å²) in [6.45, 7) is 0. The average molecular weight is 89.8 g/mol. The summed E-state index contributed by atoms with van der Waals surface area (Å²) in [6.07, 6.45) is 0. The SMILES string of the molecule is COBP=O. The number of rotatable bonds is 2. The monoisotopic (exact) mass is 90.0 g/mol. The van der Waals surface area contributed by atoms with Crippen LogP contribution in [0.2, 0.25) is 0 Å². The van der Waals surface area contributed by atoms with Crippen molar-refractivity contribution < 1.29 is 9.22 Å². The van der Waals surface area contributed by atoms with Crippen molar-refractivity contribution in [3.05, 3.63) is 0 Å². The molecule has 0 heterocycles. The fraction of sp³-hybridized carbons (Fsp3) is 1.00. The molecule has 28 valence electrons. The van der Waals surface area contributed by atoms with Gasteiger partial charge in [0.15, 0.2) is 0 Å². The van der Waals surface area contributed by atoms with Crippen molar-refractivity contribution in [1.82, 2.24) is 0 Å². The van der Waals surface area contributed by atoms with E-state index in [0.29, 0.717) is 7.20 Å². The van der Waals surface area contributed by atoms with Crippen molar-refractivity contribution in [2.75, 3.05) is 7.11 Å². The Hall–Kier alpha value is 0.125. The van der Waals surface area contributed by atoms with E-state index in [-0.39, 0.29) is 8.34 Å². The van der Waals surface area contributed by atoms with E-state index in [1.54, 1.807) is 0 Å². The van der Waals surface area contributed by atoms with Crippen LogP contribution < -0.4 is 0 Å². The molecule has 0 aliphatic carbocycles. The first-order valence-electron chi connectivity index (χ1n) is 1.20. The van der Waals surface area contributed by atoms with E-state index in [9.17, 15) is 4.57 Å². The molecule has 5 heavy (non-hydrogen) atoms. The lowest BCUT2D eigenvalue weighted by atomic mass is 10.6. The van der Waals surface area contributed by atoms with Crippen molar-refractivity contribution in [1.29, 1.82) is 0 Å². The van der Waals surface area contributed by atoms with Crippen LogP contribution in [0.1, 0.15) is 0 Å². The predicted molar refractivity (Wildman–Crippen MR) is 21.8 cm³/mol. The molecule has 0 saturated heterocycles. The Morgan fingerprint density at radius 1 is 2.00 bits per heavy atom. The molecule has 0 aromatic rings. The molecule has 0 spiro atoms. The zero-order chi connectivity index (χ0) is 4.12. The van der Waals surface area contributed by atoms with Crippen molar-refractivity contribution in [3.8, 4) is 0 Å². The van der Waals surface area contributed by atoms with Crippen molar-refractivity contribution in [3.63, 3.8) is 0 Å². The fourth-order valence-corrected chi connectivity index (χ4v) is 0.158. The van der Waals surface area contributed by atoms with Crippen LogP contribution in [-0.4, -0.2) is 14.3 Å². The molecule has 0 fully saturated rings. The van der Waals surface area contributed by atoms with Crippen molar-refractivity contribution >= 4 is 15.5 Å². The van der Waals surface area contributed by atoms with E-state index >= 15 is 0 Å². The van der Waals surface area contributed by atoms with Crippen LogP contribution in [0.25, 0.3) is 0 Å². The van der Waals surface area contributed by atoms with Gasteiger partial charge in [0.1, 0.15) is 8.34 Å². The number of hydrogen-bond acceptors (Lipinski definition) is 2. The van der Waals surface area contributed by atoms with Crippen LogP contribution in [0.4, 0.5) is 0 Å². The summed E-state index contributed by atoms with van der Waals surface area (Å²) in [5.41, 5.74) is 0. The maximum absolute atomic E-state index is 9.38. The second-order valence-electron chi connectivity index (χ2n) is 0.547. The smallest absolute Gasteiger partial charge is 0.385 e. The summed E-state index contributed by atoms with van der Waals surface area (Å²) in [7, 11) is 1.87. The molecule has 0 saturated carbocycles. The molecule has 0 rings (SSSR count). The largest absolute Gasteiger partial charge is 0.430 e. The fourth-order valence-electron chi connectivity index (χ4n) is 0.0527. The van der Waals surface area contributed by atoms with Crippen LogP contribution >= 0.6 is 8.34 Å². The van der Waals surface area contributed by atoms with Gasteiger partial charge in [0.25, 0.3) is 0 Å². The normalized spacial score (nSPS) is 8.20. The molecule has 2 nitrogen and oxygen atoms in total. The minimum absolute atomic E-state index is 0.0575. The summed E-state index contributed by atoms with van der Waals surface area (Å²) >= 11 is 0. The van der Waals surface area contributed by atoms with Crippen molar-refractivity contribution in [2.24, 2.45) is 0 Å². The molecule has 0 amide bonds. The molecule has 0 radical (unpaired) electrons. The summed E-state index contributed by atoms with van der Waals surface area (Å²) in [5.74, 6) is 0. The molecule has 0 unspecified atom stereocenters. The van der Waals surface area contributed by atoms with Crippen LogP contribution in [0.5, 0.6) is 0 Å². The minimum Gasteiger partial charge on any atom is -0.430 e. The highest BCUT2D eigenvalue weighted by Crippen LogP contribution is 1.81. The molecule has 0 aromatic heterocycles. The molecule has 0 aliphatic rings. The third kappa shape index (κ3) is 4.12. The van der Waals surface area contributed by atoms with Gasteiger partial charge in [-0.15, -0.1) is 0 Å². The first-order valence-corrected chi connectivity index (χ1v) is 2.19. The Balaban J connectivity index is 2.40. The summed E-state index contributed by atoms with van der Waals surface area (Å²) in [6, 6.07) is 0. The molecule has 0 aliphatic heterocycles. The van der Waals surface area contributed by atoms with E-state index in [0.717, 1.165) is 0 Å². The number of hydrogen-bond donors (Lipinski definition) is 0. The first kappa shape index (κ1) is 5.12. The lowest BCUT2D eigenvalue weighted by Gasteiger charge is -1.71. The molecular formula is CH4BO2P. The third-order valence-corrected chi connectivity index (χ3v) is 0.545. The van der Waals surface area contributed by atoms with Crippen LogP contribution in [0.15, 0.2) is 0 Å². The van der Waals surface area contributed by atoms with Gasteiger partial charge in [-0.1, -0.05) is 0 Å². The lowest BCUT2D eigenvalue weighted by Crippen LogP contribution is -1.76. The first-order chi connectivity index (χ1) is 2.41. The Labute approximate surface area is 33.0 Å². The molecule has 0 N–H and O–H groups in total. The highest BCUT2D eigenvalue weighted by atomic mass is 31.1. The molecule has 4 heteroatoms. The minimum atomic E-state index is 0.0575. The van der Waals surface area contributed by atoms with Gasteiger partial charge in [0, 0.05) is 7.11 Å². The quantitative estimate of drug-likeness (QED) is 0.357. The highest BCUT2D eigenvalue weighted by molar-refractivity contribution is 7.59. The van der Waals surface area contributed by atoms with E-state index < -0.39 is 0 Å². The van der Waals surface area contributed by atoms with Gasteiger partial charge in [-0.25, -0.2) is 0 Å². The molecule has 0 atom stereocenters. The maximum atomic E-state index is 9.38. The highest BCUT2D eigenvalue weighted by Gasteiger charge is 1.75. The van der Waals surface area contributed by atoms with Gasteiger partial charge in [-0.3, -0.25) is 4.57 Å². The topological polar surface area (TPSA) is 26.3 Å². The van der Waals surface area contributed by atoms with E-state index in [1.165, 1.54) is 7.11 Å². The average Bonchev–Trinajstić information content (AvgIpc) is 1.41. The van der Waals surface area contributed by atoms with E-state index in [2.05, 4.69) is 4.65 Å². The van der Waals surface area contributed by atoms with Crippen LogP contribution in [0.3, 0.4) is 0 Å². The molecule has 0 bridgehead atoms. The summed E-state index contributed by atoms with van der Waals surface area (Å²) in [5, 5.41) is 0. The van der Waals surface area contributed by atoms with Gasteiger partial charge < -0.3 is 4.65 Å². The summed E-state index contributed by atoms with van der Waals surface area (Å²) < 4.78 is 13.7. The second kappa shape index (κ2) is 4.12.